The van der Waals surface area contributed by atoms with Gasteiger partial charge in [-0.05, 0) is 12.5 Å². The fourth-order valence-electron chi connectivity index (χ4n) is 2.78. The largest absolute Gasteiger partial charge is 0.301 e. The second kappa shape index (κ2) is 7.50. The quantitative estimate of drug-likeness (QED) is 0.297. The lowest BCUT2D eigenvalue weighted by atomic mass is 10.1. The second-order valence-electron chi connectivity index (χ2n) is 6.14. The number of benzene rings is 2. The van der Waals surface area contributed by atoms with Gasteiger partial charge < -0.3 is 4.98 Å². The van der Waals surface area contributed by atoms with E-state index in [2.05, 4.69) is 9.97 Å². The fraction of sp³-hybridized carbons (Fsp3) is 0.0952. The van der Waals surface area contributed by atoms with Gasteiger partial charge in [0.1, 0.15) is 4.83 Å². The maximum absolute atomic E-state index is 12.6. The number of hydrogen-bond acceptors (Lipinski definition) is 5. The van der Waals surface area contributed by atoms with Gasteiger partial charge in [-0.25, -0.2) is 4.98 Å². The van der Waals surface area contributed by atoms with Crippen LogP contribution in [-0.4, -0.2) is 21.5 Å². The Kier molecular flexibility index (Phi) is 4.92. The molecule has 0 aliphatic heterocycles. The molecule has 0 aliphatic carbocycles. The summed E-state index contributed by atoms with van der Waals surface area (Å²) in [4.78, 5) is 32.9. The summed E-state index contributed by atoms with van der Waals surface area (Å²) in [6.07, 6.45) is 0. The van der Waals surface area contributed by atoms with Crippen LogP contribution in [-0.2, 0) is 0 Å². The molecule has 0 radical (unpaired) electrons. The van der Waals surface area contributed by atoms with E-state index in [-0.39, 0.29) is 17.1 Å². The number of thiophene rings is 1. The first-order chi connectivity index (χ1) is 13.1. The zero-order valence-electron chi connectivity index (χ0n) is 14.6. The van der Waals surface area contributed by atoms with Crippen molar-refractivity contribution in [2.45, 2.75) is 12.1 Å². The van der Waals surface area contributed by atoms with E-state index in [1.54, 1.807) is 12.1 Å². The number of aromatic nitrogens is 2. The number of nitrogens with one attached hydrogen (secondary N) is 1. The highest BCUT2D eigenvalue weighted by atomic mass is 32.2. The molecular weight excluding hydrogens is 376 g/mol. The van der Waals surface area contributed by atoms with Gasteiger partial charge in [0.2, 0.25) is 0 Å². The number of hydrogen-bond donors (Lipinski definition) is 1. The van der Waals surface area contributed by atoms with Crippen LogP contribution in [0.1, 0.15) is 15.9 Å². The molecule has 4 aromatic rings. The van der Waals surface area contributed by atoms with E-state index in [0.29, 0.717) is 20.9 Å². The highest BCUT2D eigenvalue weighted by Gasteiger charge is 2.14. The zero-order chi connectivity index (χ0) is 18.8. The number of thioether (sulfide) groups is 1. The van der Waals surface area contributed by atoms with Crippen LogP contribution in [0.5, 0.6) is 0 Å². The number of Topliss-reactive ketones (excluding diaryl/α,β-unsaturated/α-hetero) is 1. The van der Waals surface area contributed by atoms with Crippen LogP contribution >= 0.6 is 23.1 Å². The van der Waals surface area contributed by atoms with Crippen LogP contribution in [0.15, 0.2) is 69.9 Å². The summed E-state index contributed by atoms with van der Waals surface area (Å²) in [6.45, 7) is 2.03. The van der Waals surface area contributed by atoms with Crippen LogP contribution in [0.25, 0.3) is 21.3 Å². The van der Waals surface area contributed by atoms with Crippen LogP contribution in [0.3, 0.4) is 0 Å². The third kappa shape index (κ3) is 3.72. The number of H-pyrrole nitrogens is 1. The second-order valence-corrected chi connectivity index (χ2v) is 7.97. The van der Waals surface area contributed by atoms with E-state index in [1.807, 2.05) is 54.8 Å². The summed E-state index contributed by atoms with van der Waals surface area (Å²) < 4.78 is 0. The van der Waals surface area contributed by atoms with Gasteiger partial charge >= 0.3 is 0 Å². The number of fused-ring (bicyclic) bond motifs is 1. The van der Waals surface area contributed by atoms with Crippen molar-refractivity contribution in [2.75, 3.05) is 5.75 Å². The minimum atomic E-state index is -0.175. The van der Waals surface area contributed by atoms with E-state index in [1.165, 1.54) is 28.7 Å². The molecule has 0 fully saturated rings. The molecule has 4 rings (SSSR count). The van der Waals surface area contributed by atoms with Crippen molar-refractivity contribution >= 4 is 39.1 Å². The number of ketones is 1. The predicted molar refractivity (Wildman–Crippen MR) is 112 cm³/mol. The molecule has 1 N–H and O–H groups in total. The molecule has 0 bridgehead atoms. The Morgan fingerprint density at radius 3 is 2.59 bits per heavy atom. The molecule has 4 nitrogen and oxygen atoms in total. The molecule has 0 aliphatic rings. The Morgan fingerprint density at radius 2 is 1.85 bits per heavy atom. The van der Waals surface area contributed by atoms with Crippen molar-refractivity contribution in [3.63, 3.8) is 0 Å². The molecule has 0 saturated carbocycles. The average Bonchev–Trinajstić information content (AvgIpc) is 3.12. The molecule has 27 heavy (non-hydrogen) atoms. The number of carbonyl (C=O) groups excluding carboxylic acids is 1. The maximum Gasteiger partial charge on any atom is 0.260 e. The van der Waals surface area contributed by atoms with E-state index < -0.39 is 0 Å². The summed E-state index contributed by atoms with van der Waals surface area (Å²) in [7, 11) is 0. The van der Waals surface area contributed by atoms with Crippen LogP contribution < -0.4 is 5.56 Å². The summed E-state index contributed by atoms with van der Waals surface area (Å²) in [5, 5.41) is 3.03. The molecule has 0 saturated heterocycles. The fourth-order valence-corrected chi connectivity index (χ4v) is 4.55. The summed E-state index contributed by atoms with van der Waals surface area (Å²) in [6, 6.07) is 17.2. The van der Waals surface area contributed by atoms with E-state index in [9.17, 15) is 9.59 Å². The maximum atomic E-state index is 12.6. The Labute approximate surface area is 164 Å². The van der Waals surface area contributed by atoms with Crippen molar-refractivity contribution in [1.82, 2.24) is 9.97 Å². The van der Waals surface area contributed by atoms with Crippen molar-refractivity contribution < 1.29 is 4.79 Å². The molecule has 2 heterocycles. The zero-order valence-corrected chi connectivity index (χ0v) is 16.2. The van der Waals surface area contributed by atoms with E-state index in [0.717, 1.165) is 11.1 Å². The van der Waals surface area contributed by atoms with Gasteiger partial charge in [0.15, 0.2) is 10.9 Å². The van der Waals surface area contributed by atoms with Crippen molar-refractivity contribution in [1.29, 1.82) is 0 Å². The first-order valence-electron chi connectivity index (χ1n) is 8.41. The molecule has 6 heteroatoms. The van der Waals surface area contributed by atoms with Crippen LogP contribution in [0.4, 0.5) is 0 Å². The minimum absolute atomic E-state index is 0.00914. The van der Waals surface area contributed by atoms with E-state index in [4.69, 9.17) is 0 Å². The smallest absolute Gasteiger partial charge is 0.260 e. The van der Waals surface area contributed by atoms with Gasteiger partial charge in [0.05, 0.1) is 11.1 Å². The highest BCUT2D eigenvalue weighted by Crippen LogP contribution is 2.31. The third-order valence-electron chi connectivity index (χ3n) is 4.22. The number of aromatic amines is 1. The Hall–Kier alpha value is -2.70. The molecule has 2 aromatic carbocycles. The van der Waals surface area contributed by atoms with Gasteiger partial charge in [-0.2, -0.15) is 0 Å². The summed E-state index contributed by atoms with van der Waals surface area (Å²) in [5.41, 5.74) is 3.55. The molecule has 0 amide bonds. The van der Waals surface area contributed by atoms with Crippen molar-refractivity contribution in [3.8, 4) is 11.1 Å². The monoisotopic (exact) mass is 392 g/mol. The lowest BCUT2D eigenvalue weighted by Crippen LogP contribution is -2.10. The Balaban J connectivity index is 1.60. The Morgan fingerprint density at radius 1 is 1.11 bits per heavy atom. The van der Waals surface area contributed by atoms with E-state index >= 15 is 0 Å². The number of carbonyl (C=O) groups is 1. The van der Waals surface area contributed by atoms with Crippen molar-refractivity contribution in [3.05, 3.63) is 81.5 Å². The Bertz CT molecular complexity index is 1160. The standard InChI is InChI=1S/C21H16N2O2S2/c1-13-7-9-14(10-8-13)16-11-26-20-18(16)19(25)22-21(23-20)27-12-17(24)15-5-3-2-4-6-15/h2-11H,12H2,1H3,(H,22,23,25). The minimum Gasteiger partial charge on any atom is -0.301 e. The van der Waals surface area contributed by atoms with Gasteiger partial charge in [-0.1, -0.05) is 71.9 Å². The molecule has 0 spiro atoms. The van der Waals surface area contributed by atoms with Gasteiger partial charge in [-0.15, -0.1) is 11.3 Å². The first-order valence-corrected chi connectivity index (χ1v) is 10.3. The first kappa shape index (κ1) is 17.7. The SMILES string of the molecule is Cc1ccc(-c2csc3nc(SCC(=O)c4ccccc4)[nH]c(=O)c23)cc1. The topological polar surface area (TPSA) is 62.8 Å². The predicted octanol–water partition coefficient (Wildman–Crippen LogP) is 4.94. The normalized spacial score (nSPS) is 11.0. The van der Waals surface area contributed by atoms with Gasteiger partial charge in [0, 0.05) is 16.5 Å². The lowest BCUT2D eigenvalue weighted by molar-refractivity contribution is 0.102. The highest BCUT2D eigenvalue weighted by molar-refractivity contribution is 7.99. The molecule has 0 unspecified atom stereocenters. The van der Waals surface area contributed by atoms with Gasteiger partial charge in [0.25, 0.3) is 5.56 Å². The van der Waals surface area contributed by atoms with Crippen LogP contribution in [0.2, 0.25) is 0 Å². The number of aryl methyl sites for hydroxylation is 1. The number of rotatable bonds is 5. The third-order valence-corrected chi connectivity index (χ3v) is 5.97. The molecule has 2 aromatic heterocycles. The average molecular weight is 393 g/mol. The lowest BCUT2D eigenvalue weighted by Gasteiger charge is -2.03. The van der Waals surface area contributed by atoms with Crippen LogP contribution in [0, 0.1) is 6.92 Å². The molecular formula is C21H16N2O2S2. The van der Waals surface area contributed by atoms with Crippen molar-refractivity contribution in [2.24, 2.45) is 0 Å². The number of nitrogens with zero attached hydrogens (tertiary/aromatic N) is 1. The summed E-state index contributed by atoms with van der Waals surface area (Å²) in [5.74, 6) is 0.240. The molecule has 134 valence electrons. The molecule has 0 atom stereocenters. The van der Waals surface area contributed by atoms with Gasteiger partial charge in [-0.3, -0.25) is 9.59 Å². The summed E-state index contributed by atoms with van der Waals surface area (Å²) >= 11 is 2.69.